The van der Waals surface area contributed by atoms with Crippen molar-refractivity contribution in [3.63, 3.8) is 0 Å². The number of rotatable bonds is 11. The number of nitrogens with one attached hydrogen (secondary N) is 1. The molecule has 0 spiro atoms. The molecular formula is C29H31F4N3O4S. The fourth-order valence-corrected chi connectivity index (χ4v) is 5.33. The molecule has 0 aliphatic rings. The third kappa shape index (κ3) is 8.29. The van der Waals surface area contributed by atoms with Gasteiger partial charge in [-0.3, -0.25) is 13.9 Å². The highest BCUT2D eigenvalue weighted by Gasteiger charge is 2.35. The van der Waals surface area contributed by atoms with Crippen LogP contribution in [0.15, 0.2) is 83.8 Å². The Morgan fingerprint density at radius 3 is 2.12 bits per heavy atom. The molecule has 0 fully saturated rings. The molecule has 0 unspecified atom stereocenters. The van der Waals surface area contributed by atoms with Crippen LogP contribution in [0.1, 0.15) is 31.9 Å². The van der Waals surface area contributed by atoms with Gasteiger partial charge in [-0.2, -0.15) is 13.2 Å². The number of nitrogens with zero attached hydrogens (tertiary/aromatic N) is 2. The van der Waals surface area contributed by atoms with Crippen LogP contribution in [0, 0.1) is 11.7 Å². The molecule has 220 valence electrons. The van der Waals surface area contributed by atoms with Crippen molar-refractivity contribution >= 4 is 27.5 Å². The van der Waals surface area contributed by atoms with Crippen LogP contribution in [0.25, 0.3) is 0 Å². The first-order chi connectivity index (χ1) is 19.2. The molecule has 0 heterocycles. The predicted octanol–water partition coefficient (Wildman–Crippen LogP) is 5.23. The molecule has 0 aliphatic carbocycles. The average Bonchev–Trinajstić information content (AvgIpc) is 2.93. The van der Waals surface area contributed by atoms with Crippen molar-refractivity contribution in [1.82, 2.24) is 10.2 Å². The van der Waals surface area contributed by atoms with E-state index in [0.29, 0.717) is 22.5 Å². The fraction of sp³-hybridized carbons (Fsp3) is 0.310. The number of carbonyl (C=O) groups excluding carboxylic acids is 2. The quantitative estimate of drug-likeness (QED) is 0.309. The van der Waals surface area contributed by atoms with Crippen LogP contribution in [0.5, 0.6) is 0 Å². The maximum Gasteiger partial charge on any atom is 0.416 e. The molecule has 0 saturated heterocycles. The minimum atomic E-state index is -4.76. The lowest BCUT2D eigenvalue weighted by atomic mass is 10.1. The van der Waals surface area contributed by atoms with Gasteiger partial charge in [-0.05, 0) is 60.9 Å². The summed E-state index contributed by atoms with van der Waals surface area (Å²) in [5.74, 6) is -1.76. The van der Waals surface area contributed by atoms with E-state index >= 15 is 0 Å². The SMILES string of the molecule is CC(C)CNC(=O)[C@@H](C)N(Cc1ccc(F)cc1)C(=O)CN(c1cccc(C(F)(F)F)c1)S(=O)(=O)c1ccccc1. The zero-order chi connectivity index (χ0) is 30.4. The van der Waals surface area contributed by atoms with E-state index in [2.05, 4.69) is 5.32 Å². The fourth-order valence-electron chi connectivity index (χ4n) is 3.91. The number of carbonyl (C=O) groups is 2. The van der Waals surface area contributed by atoms with Crippen molar-refractivity contribution in [3.8, 4) is 0 Å². The second-order valence-electron chi connectivity index (χ2n) is 9.84. The van der Waals surface area contributed by atoms with Gasteiger partial charge in [-0.15, -0.1) is 0 Å². The second-order valence-corrected chi connectivity index (χ2v) is 11.7. The summed E-state index contributed by atoms with van der Waals surface area (Å²) in [6.07, 6.45) is -4.76. The highest BCUT2D eigenvalue weighted by molar-refractivity contribution is 7.92. The molecule has 0 aromatic heterocycles. The van der Waals surface area contributed by atoms with Gasteiger partial charge in [0.05, 0.1) is 16.1 Å². The zero-order valence-electron chi connectivity index (χ0n) is 22.7. The van der Waals surface area contributed by atoms with Crippen LogP contribution in [-0.2, 0) is 32.3 Å². The lowest BCUT2D eigenvalue weighted by molar-refractivity contribution is -0.139. The van der Waals surface area contributed by atoms with Gasteiger partial charge in [0.2, 0.25) is 11.8 Å². The summed E-state index contributed by atoms with van der Waals surface area (Å²) >= 11 is 0. The molecule has 41 heavy (non-hydrogen) atoms. The number of halogens is 4. The van der Waals surface area contributed by atoms with Gasteiger partial charge in [-0.25, -0.2) is 12.8 Å². The van der Waals surface area contributed by atoms with Crippen molar-refractivity contribution < 1.29 is 35.6 Å². The number of amides is 2. The Bertz CT molecular complexity index is 1450. The summed E-state index contributed by atoms with van der Waals surface area (Å²) in [4.78, 5) is 27.6. The number of sulfonamides is 1. The number of alkyl halides is 3. The molecule has 3 rings (SSSR count). The average molecular weight is 594 g/mol. The van der Waals surface area contributed by atoms with Gasteiger partial charge in [-0.1, -0.05) is 50.2 Å². The van der Waals surface area contributed by atoms with E-state index in [1.165, 1.54) is 55.5 Å². The Hall–Kier alpha value is -3.93. The summed E-state index contributed by atoms with van der Waals surface area (Å²) in [5.41, 5.74) is -1.02. The third-order valence-corrected chi connectivity index (χ3v) is 7.98. The maximum atomic E-state index is 13.8. The summed E-state index contributed by atoms with van der Waals surface area (Å²) < 4.78 is 82.0. The number of anilines is 1. The van der Waals surface area contributed by atoms with Crippen LogP contribution in [0.2, 0.25) is 0 Å². The molecule has 3 aromatic rings. The topological polar surface area (TPSA) is 86.8 Å². The Balaban J connectivity index is 2.05. The monoisotopic (exact) mass is 593 g/mol. The standard InChI is InChI=1S/C29H31F4N3O4S/c1-20(2)17-34-28(38)21(3)35(18-22-12-14-24(30)15-13-22)27(37)19-36(41(39,40)26-10-5-4-6-11-26)25-9-7-8-23(16-25)29(31,32)33/h4-16,20-21H,17-19H2,1-3H3,(H,34,38)/t21-/m1/s1. The first-order valence-corrected chi connectivity index (χ1v) is 14.2. The minimum absolute atomic E-state index is 0.111. The Morgan fingerprint density at radius 1 is 0.902 bits per heavy atom. The Kier molecular flexibility index (Phi) is 10.1. The van der Waals surface area contributed by atoms with Gasteiger partial charge in [0.25, 0.3) is 10.0 Å². The van der Waals surface area contributed by atoms with E-state index in [4.69, 9.17) is 0 Å². The van der Waals surface area contributed by atoms with Gasteiger partial charge in [0.15, 0.2) is 0 Å². The van der Waals surface area contributed by atoms with Crippen LogP contribution >= 0.6 is 0 Å². The highest BCUT2D eigenvalue weighted by Crippen LogP contribution is 2.33. The summed E-state index contributed by atoms with van der Waals surface area (Å²) in [6.45, 7) is 4.46. The molecule has 1 N–H and O–H groups in total. The number of benzene rings is 3. The van der Waals surface area contributed by atoms with E-state index in [-0.39, 0.29) is 23.0 Å². The van der Waals surface area contributed by atoms with Crippen LogP contribution < -0.4 is 9.62 Å². The molecule has 1 atom stereocenters. The molecular weight excluding hydrogens is 562 g/mol. The molecule has 0 aliphatic heterocycles. The third-order valence-electron chi connectivity index (χ3n) is 6.19. The van der Waals surface area contributed by atoms with Crippen LogP contribution in [-0.4, -0.2) is 44.3 Å². The number of hydrogen-bond donors (Lipinski definition) is 1. The summed E-state index contributed by atoms with van der Waals surface area (Å²) in [5, 5.41) is 2.73. The lowest BCUT2D eigenvalue weighted by Gasteiger charge is -2.32. The largest absolute Gasteiger partial charge is 0.416 e. The van der Waals surface area contributed by atoms with Gasteiger partial charge >= 0.3 is 6.18 Å². The second kappa shape index (κ2) is 13.2. The zero-order valence-corrected chi connectivity index (χ0v) is 23.5. The molecule has 7 nitrogen and oxygen atoms in total. The number of hydrogen-bond acceptors (Lipinski definition) is 4. The van der Waals surface area contributed by atoms with Crippen LogP contribution in [0.4, 0.5) is 23.2 Å². The van der Waals surface area contributed by atoms with Crippen molar-refractivity contribution in [3.05, 3.63) is 95.8 Å². The lowest BCUT2D eigenvalue weighted by Crippen LogP contribution is -2.51. The van der Waals surface area contributed by atoms with E-state index in [1.54, 1.807) is 6.07 Å². The molecule has 3 aromatic carbocycles. The van der Waals surface area contributed by atoms with Crippen molar-refractivity contribution in [2.75, 3.05) is 17.4 Å². The first kappa shape index (κ1) is 31.6. The molecule has 0 saturated carbocycles. The maximum absolute atomic E-state index is 13.8. The molecule has 2 amide bonds. The van der Waals surface area contributed by atoms with Crippen molar-refractivity contribution in [2.45, 2.75) is 44.4 Å². The van der Waals surface area contributed by atoms with E-state index in [1.807, 2.05) is 13.8 Å². The summed E-state index contributed by atoms with van der Waals surface area (Å²) in [7, 11) is -4.52. The molecule has 0 bridgehead atoms. The first-order valence-electron chi connectivity index (χ1n) is 12.8. The highest BCUT2D eigenvalue weighted by atomic mass is 32.2. The van der Waals surface area contributed by atoms with Gasteiger partial charge < -0.3 is 10.2 Å². The molecule has 0 radical (unpaired) electrons. The van der Waals surface area contributed by atoms with Crippen molar-refractivity contribution in [2.24, 2.45) is 5.92 Å². The smallest absolute Gasteiger partial charge is 0.354 e. The van der Waals surface area contributed by atoms with E-state index in [0.717, 1.165) is 23.1 Å². The van der Waals surface area contributed by atoms with Gasteiger partial charge in [0.1, 0.15) is 18.4 Å². The normalized spacial score (nSPS) is 12.6. The van der Waals surface area contributed by atoms with Crippen molar-refractivity contribution in [1.29, 1.82) is 0 Å². The minimum Gasteiger partial charge on any atom is -0.354 e. The van der Waals surface area contributed by atoms with E-state index < -0.39 is 52.0 Å². The molecule has 12 heteroatoms. The van der Waals surface area contributed by atoms with Crippen LogP contribution in [0.3, 0.4) is 0 Å². The summed E-state index contributed by atoms with van der Waals surface area (Å²) in [6, 6.07) is 14.7. The van der Waals surface area contributed by atoms with E-state index in [9.17, 15) is 35.6 Å². The predicted molar refractivity (Wildman–Crippen MR) is 147 cm³/mol. The van der Waals surface area contributed by atoms with Gasteiger partial charge in [0, 0.05) is 13.1 Å². The Labute approximate surface area is 236 Å². The Morgan fingerprint density at radius 2 is 1.54 bits per heavy atom.